The number of hydrogen-bond donors (Lipinski definition) is 3. The van der Waals surface area contributed by atoms with Crippen LogP contribution in [0.25, 0.3) is 10.9 Å². The van der Waals surface area contributed by atoms with Gasteiger partial charge in [0.1, 0.15) is 11.8 Å². The Hall–Kier alpha value is -3.77. The van der Waals surface area contributed by atoms with Crippen LogP contribution in [-0.4, -0.2) is 36.0 Å². The number of H-pyrrole nitrogens is 1. The van der Waals surface area contributed by atoms with Gasteiger partial charge in [-0.3, -0.25) is 9.59 Å². The standard InChI is InChI=1S/C29H30ClN3O3/c1-19(2)28(33-27(34)18-36-20-10-4-3-5-11-20)29(35)32-17-23(21-12-6-8-14-25(21)30)24-16-31-26-15-9-7-13-22(24)26/h3-16,19,23,28,31H,17-18H2,1-2H3,(H,32,35)(H,33,34). The monoisotopic (exact) mass is 503 g/mol. The topological polar surface area (TPSA) is 83.2 Å². The molecule has 0 radical (unpaired) electrons. The fraction of sp³-hybridized carbons (Fsp3) is 0.241. The lowest BCUT2D eigenvalue weighted by Gasteiger charge is -2.24. The molecule has 36 heavy (non-hydrogen) atoms. The molecule has 0 saturated heterocycles. The first-order valence-corrected chi connectivity index (χ1v) is 12.4. The quantitative estimate of drug-likeness (QED) is 0.275. The van der Waals surface area contributed by atoms with E-state index in [1.165, 1.54) is 0 Å². The molecule has 0 aliphatic rings. The maximum Gasteiger partial charge on any atom is 0.258 e. The van der Waals surface area contributed by atoms with Crippen molar-refractivity contribution in [2.45, 2.75) is 25.8 Å². The van der Waals surface area contributed by atoms with Gasteiger partial charge < -0.3 is 20.4 Å². The third kappa shape index (κ3) is 6.07. The van der Waals surface area contributed by atoms with E-state index in [9.17, 15) is 9.59 Å². The van der Waals surface area contributed by atoms with Crippen LogP contribution in [0.1, 0.15) is 30.9 Å². The number of para-hydroxylation sites is 2. The number of nitrogens with one attached hydrogen (secondary N) is 3. The number of halogens is 1. The maximum atomic E-state index is 13.2. The molecule has 0 spiro atoms. The van der Waals surface area contributed by atoms with Crippen LogP contribution in [0.3, 0.4) is 0 Å². The second kappa shape index (κ2) is 11.8. The minimum atomic E-state index is -0.702. The molecule has 7 heteroatoms. The molecule has 2 atom stereocenters. The normalized spacial score (nSPS) is 12.8. The van der Waals surface area contributed by atoms with E-state index >= 15 is 0 Å². The fourth-order valence-corrected chi connectivity index (χ4v) is 4.52. The Morgan fingerprint density at radius 1 is 0.917 bits per heavy atom. The van der Waals surface area contributed by atoms with Gasteiger partial charge in [0.2, 0.25) is 5.91 Å². The number of amides is 2. The second-order valence-electron chi connectivity index (χ2n) is 9.00. The molecule has 2 unspecified atom stereocenters. The number of carbonyl (C=O) groups excluding carboxylic acids is 2. The smallest absolute Gasteiger partial charge is 0.258 e. The molecule has 0 fully saturated rings. The zero-order chi connectivity index (χ0) is 25.5. The van der Waals surface area contributed by atoms with Crippen molar-refractivity contribution in [3.05, 3.63) is 101 Å². The average molecular weight is 504 g/mol. The van der Waals surface area contributed by atoms with Gasteiger partial charge in [0.15, 0.2) is 6.61 Å². The Kier molecular flexibility index (Phi) is 8.28. The van der Waals surface area contributed by atoms with Crippen LogP contribution in [-0.2, 0) is 9.59 Å². The molecule has 1 heterocycles. The number of rotatable bonds is 10. The summed E-state index contributed by atoms with van der Waals surface area (Å²) >= 11 is 6.58. The third-order valence-electron chi connectivity index (χ3n) is 6.14. The molecular weight excluding hydrogens is 474 g/mol. The molecule has 0 aliphatic heterocycles. The summed E-state index contributed by atoms with van der Waals surface area (Å²) in [4.78, 5) is 29.1. The SMILES string of the molecule is CC(C)C(NC(=O)COc1ccccc1)C(=O)NCC(c1ccccc1Cl)c1c[nH]c2ccccc12. The van der Waals surface area contributed by atoms with Crippen LogP contribution >= 0.6 is 11.6 Å². The van der Waals surface area contributed by atoms with Crippen LogP contribution in [0.4, 0.5) is 0 Å². The van der Waals surface area contributed by atoms with Gasteiger partial charge in [-0.25, -0.2) is 0 Å². The number of aromatic nitrogens is 1. The fourth-order valence-electron chi connectivity index (χ4n) is 4.26. The minimum Gasteiger partial charge on any atom is -0.484 e. The lowest BCUT2D eigenvalue weighted by atomic mass is 9.90. The lowest BCUT2D eigenvalue weighted by molar-refractivity contribution is -0.131. The van der Waals surface area contributed by atoms with Crippen molar-refractivity contribution in [1.82, 2.24) is 15.6 Å². The summed E-state index contributed by atoms with van der Waals surface area (Å²) in [6, 6.07) is 24.1. The number of fused-ring (bicyclic) bond motifs is 1. The van der Waals surface area contributed by atoms with E-state index in [0.29, 0.717) is 17.3 Å². The number of carbonyl (C=O) groups is 2. The summed E-state index contributed by atoms with van der Waals surface area (Å²) in [7, 11) is 0. The first kappa shape index (κ1) is 25.3. The second-order valence-corrected chi connectivity index (χ2v) is 9.41. The predicted octanol–water partition coefficient (Wildman–Crippen LogP) is 5.29. The first-order valence-electron chi connectivity index (χ1n) is 12.0. The zero-order valence-electron chi connectivity index (χ0n) is 20.3. The van der Waals surface area contributed by atoms with E-state index in [4.69, 9.17) is 16.3 Å². The first-order chi connectivity index (χ1) is 17.4. The molecule has 2 amide bonds. The average Bonchev–Trinajstić information content (AvgIpc) is 3.31. The van der Waals surface area contributed by atoms with Crippen molar-refractivity contribution >= 4 is 34.3 Å². The van der Waals surface area contributed by atoms with Crippen LogP contribution in [0.2, 0.25) is 5.02 Å². The molecule has 6 nitrogen and oxygen atoms in total. The predicted molar refractivity (Wildman–Crippen MR) is 143 cm³/mol. The number of hydrogen-bond acceptors (Lipinski definition) is 3. The summed E-state index contributed by atoms with van der Waals surface area (Å²) in [5.74, 6) is -0.303. The Labute approximate surface area is 216 Å². The van der Waals surface area contributed by atoms with Crippen LogP contribution in [0, 0.1) is 5.92 Å². The Balaban J connectivity index is 1.48. The Bertz CT molecular complexity index is 1320. The van der Waals surface area contributed by atoms with Gasteiger partial charge in [0.05, 0.1) is 0 Å². The van der Waals surface area contributed by atoms with Crippen molar-refractivity contribution in [3.63, 3.8) is 0 Å². The summed E-state index contributed by atoms with van der Waals surface area (Å²) in [5, 5.41) is 7.58. The molecule has 3 aromatic carbocycles. The summed E-state index contributed by atoms with van der Waals surface area (Å²) < 4.78 is 5.53. The van der Waals surface area contributed by atoms with E-state index in [2.05, 4.69) is 21.7 Å². The Morgan fingerprint density at radius 3 is 2.36 bits per heavy atom. The molecule has 4 rings (SSSR count). The molecule has 3 N–H and O–H groups in total. The van der Waals surface area contributed by atoms with E-state index in [-0.39, 0.29) is 30.3 Å². The van der Waals surface area contributed by atoms with E-state index in [0.717, 1.165) is 22.0 Å². The highest BCUT2D eigenvalue weighted by atomic mass is 35.5. The lowest BCUT2D eigenvalue weighted by Crippen LogP contribution is -2.51. The van der Waals surface area contributed by atoms with Crippen LogP contribution in [0.5, 0.6) is 5.75 Å². The van der Waals surface area contributed by atoms with Crippen LogP contribution in [0.15, 0.2) is 85.1 Å². The van der Waals surface area contributed by atoms with Gasteiger partial charge in [-0.1, -0.05) is 80.0 Å². The molecule has 0 bridgehead atoms. The highest BCUT2D eigenvalue weighted by Gasteiger charge is 2.27. The van der Waals surface area contributed by atoms with Crippen molar-refractivity contribution in [2.24, 2.45) is 5.92 Å². The number of benzene rings is 3. The molecule has 0 saturated carbocycles. The van der Waals surface area contributed by atoms with Gasteiger partial charge in [-0.2, -0.15) is 0 Å². The highest BCUT2D eigenvalue weighted by molar-refractivity contribution is 6.31. The summed E-state index contributed by atoms with van der Waals surface area (Å²) in [6.07, 6.45) is 1.97. The zero-order valence-corrected chi connectivity index (χ0v) is 21.1. The molecular formula is C29H30ClN3O3. The molecule has 0 aliphatic carbocycles. The number of aromatic amines is 1. The van der Waals surface area contributed by atoms with Crippen LogP contribution < -0.4 is 15.4 Å². The van der Waals surface area contributed by atoms with Crippen molar-refractivity contribution in [1.29, 1.82) is 0 Å². The van der Waals surface area contributed by atoms with E-state index < -0.39 is 6.04 Å². The molecule has 1 aromatic heterocycles. The summed E-state index contributed by atoms with van der Waals surface area (Å²) in [6.45, 7) is 3.95. The van der Waals surface area contributed by atoms with Crippen molar-refractivity contribution < 1.29 is 14.3 Å². The minimum absolute atomic E-state index is 0.113. The highest BCUT2D eigenvalue weighted by Crippen LogP contribution is 2.34. The van der Waals surface area contributed by atoms with Crippen molar-refractivity contribution in [2.75, 3.05) is 13.2 Å². The Morgan fingerprint density at radius 2 is 1.61 bits per heavy atom. The van der Waals surface area contributed by atoms with Gasteiger partial charge in [-0.15, -0.1) is 0 Å². The molecule has 186 valence electrons. The summed E-state index contributed by atoms with van der Waals surface area (Å²) in [5.41, 5.74) is 2.98. The number of ether oxygens (including phenoxy) is 1. The van der Waals surface area contributed by atoms with Gasteiger partial charge in [0, 0.05) is 34.6 Å². The maximum absolute atomic E-state index is 13.2. The van der Waals surface area contributed by atoms with E-state index in [1.54, 1.807) is 12.1 Å². The largest absolute Gasteiger partial charge is 0.484 e. The van der Waals surface area contributed by atoms with Gasteiger partial charge in [0.25, 0.3) is 5.91 Å². The van der Waals surface area contributed by atoms with Gasteiger partial charge in [-0.05, 0) is 41.3 Å². The third-order valence-corrected chi connectivity index (χ3v) is 6.48. The van der Waals surface area contributed by atoms with Gasteiger partial charge >= 0.3 is 0 Å². The van der Waals surface area contributed by atoms with Crippen molar-refractivity contribution in [3.8, 4) is 5.75 Å². The molecule has 4 aromatic rings. The van der Waals surface area contributed by atoms with E-state index in [1.807, 2.05) is 80.7 Å².